The second-order valence-corrected chi connectivity index (χ2v) is 11.4. The number of ketones is 1. The molecule has 2 aliphatic rings. The first-order valence-electron chi connectivity index (χ1n) is 13.5. The summed E-state index contributed by atoms with van der Waals surface area (Å²) in [6.45, 7) is 4.71. The number of aryl methyl sites for hydroxylation is 1. The zero-order valence-corrected chi connectivity index (χ0v) is 23.5. The van der Waals surface area contributed by atoms with E-state index in [4.69, 9.17) is 23.2 Å². The number of Topliss-reactive ketones (excluding diaryl/α,β-unsaturated/α-hetero) is 1. The molecule has 1 aromatic heterocycles. The number of carbonyl (C=O) groups is 3. The average molecular weight is 550 g/mol. The lowest BCUT2D eigenvalue weighted by Gasteiger charge is -2.35. The first kappa shape index (κ1) is 27.9. The molecule has 2 fully saturated rings. The van der Waals surface area contributed by atoms with Crippen LogP contribution in [0, 0.1) is 5.92 Å². The third-order valence-corrected chi connectivity index (χ3v) is 8.90. The maximum atomic E-state index is 13.9. The van der Waals surface area contributed by atoms with Crippen LogP contribution in [-0.4, -0.2) is 58.8 Å². The number of fused-ring (bicyclic) bond motifs is 1. The lowest BCUT2D eigenvalue weighted by molar-refractivity contribution is -0.139. The molecule has 4 rings (SSSR count). The molecule has 1 aliphatic carbocycles. The van der Waals surface area contributed by atoms with Gasteiger partial charge in [-0.05, 0) is 71.0 Å². The van der Waals surface area contributed by atoms with Gasteiger partial charge in [-0.2, -0.15) is 0 Å². The van der Waals surface area contributed by atoms with Crippen LogP contribution in [0.2, 0.25) is 10.0 Å². The summed E-state index contributed by atoms with van der Waals surface area (Å²) < 4.78 is 2.05. The standard InChI is InChI=1S/C28H38Cl2N4O3/c1-17(31-3)27(36)32-26(19-8-5-4-6-9-19)28(37)34-12-7-10-20(34)11-13-33-16-22(18(2)35)21-14-23(29)24(30)15-25(21)33/h14-17,19-20,26,31H,4-13H2,1-3H3,(H,32,36)/t17-,20-,26-/m0/s1. The largest absolute Gasteiger partial charge is 0.347 e. The van der Waals surface area contributed by atoms with Gasteiger partial charge in [-0.1, -0.05) is 42.5 Å². The summed E-state index contributed by atoms with van der Waals surface area (Å²) in [7, 11) is 1.75. The summed E-state index contributed by atoms with van der Waals surface area (Å²) in [6.07, 6.45) is 9.81. The molecule has 1 aliphatic heterocycles. The Kier molecular flexibility index (Phi) is 9.20. The lowest BCUT2D eigenvalue weighted by Crippen LogP contribution is -2.56. The quantitative estimate of drug-likeness (QED) is 0.421. The van der Waals surface area contributed by atoms with E-state index in [2.05, 4.69) is 10.6 Å². The van der Waals surface area contributed by atoms with E-state index >= 15 is 0 Å². The van der Waals surface area contributed by atoms with Gasteiger partial charge in [0.1, 0.15) is 6.04 Å². The van der Waals surface area contributed by atoms with Crippen LogP contribution in [0.5, 0.6) is 0 Å². The van der Waals surface area contributed by atoms with Crippen LogP contribution in [-0.2, 0) is 16.1 Å². The summed E-state index contributed by atoms with van der Waals surface area (Å²) in [5.74, 6) is 0.0616. The maximum Gasteiger partial charge on any atom is 0.245 e. The fraction of sp³-hybridized carbons (Fsp3) is 0.607. The molecule has 0 unspecified atom stereocenters. The van der Waals surface area contributed by atoms with Crippen LogP contribution in [0.1, 0.15) is 75.6 Å². The van der Waals surface area contributed by atoms with Gasteiger partial charge in [0.25, 0.3) is 0 Å². The lowest BCUT2D eigenvalue weighted by atomic mass is 9.83. The summed E-state index contributed by atoms with van der Waals surface area (Å²) in [5, 5.41) is 7.74. The van der Waals surface area contributed by atoms with Gasteiger partial charge >= 0.3 is 0 Å². The van der Waals surface area contributed by atoms with Gasteiger partial charge < -0.3 is 20.1 Å². The summed E-state index contributed by atoms with van der Waals surface area (Å²) >= 11 is 12.5. The number of halogens is 2. The molecule has 7 nitrogen and oxygen atoms in total. The Hall–Kier alpha value is -2.09. The molecule has 202 valence electrons. The molecule has 0 radical (unpaired) electrons. The Morgan fingerprint density at radius 2 is 1.76 bits per heavy atom. The number of amides is 2. The van der Waals surface area contributed by atoms with Crippen molar-refractivity contribution in [3.63, 3.8) is 0 Å². The molecular formula is C28H38Cl2N4O3. The van der Waals surface area contributed by atoms with Crippen LogP contribution < -0.4 is 10.6 Å². The summed E-state index contributed by atoms with van der Waals surface area (Å²) in [4.78, 5) is 40.9. The third kappa shape index (κ3) is 6.15. The van der Waals surface area contributed by atoms with Crippen molar-refractivity contribution in [2.75, 3.05) is 13.6 Å². The molecule has 9 heteroatoms. The van der Waals surface area contributed by atoms with Gasteiger partial charge in [-0.25, -0.2) is 0 Å². The number of likely N-dealkylation sites (N-methyl/N-ethyl adjacent to an activating group) is 1. The van der Waals surface area contributed by atoms with Gasteiger partial charge in [0, 0.05) is 36.3 Å². The minimum atomic E-state index is -0.484. The van der Waals surface area contributed by atoms with Crippen LogP contribution in [0.15, 0.2) is 18.3 Å². The Morgan fingerprint density at radius 3 is 2.43 bits per heavy atom. The Bertz CT molecular complexity index is 1160. The van der Waals surface area contributed by atoms with Crippen LogP contribution in [0.3, 0.4) is 0 Å². The van der Waals surface area contributed by atoms with Gasteiger partial charge in [0.05, 0.1) is 21.6 Å². The maximum absolute atomic E-state index is 13.9. The van der Waals surface area contributed by atoms with Crippen LogP contribution >= 0.6 is 23.2 Å². The van der Waals surface area contributed by atoms with Crippen molar-refractivity contribution in [3.05, 3.63) is 33.9 Å². The molecular weight excluding hydrogens is 511 g/mol. The van der Waals surface area contributed by atoms with E-state index < -0.39 is 6.04 Å². The number of likely N-dealkylation sites (tertiary alicyclic amines) is 1. The fourth-order valence-corrected chi connectivity index (χ4v) is 6.22. The van der Waals surface area contributed by atoms with Crippen molar-refractivity contribution < 1.29 is 14.4 Å². The zero-order valence-electron chi connectivity index (χ0n) is 22.0. The van der Waals surface area contributed by atoms with E-state index in [1.54, 1.807) is 26.1 Å². The van der Waals surface area contributed by atoms with E-state index in [1.807, 2.05) is 22.6 Å². The molecule has 2 amide bonds. The Labute approximate surface area is 229 Å². The van der Waals surface area contributed by atoms with Crippen LogP contribution in [0.4, 0.5) is 0 Å². The second-order valence-electron chi connectivity index (χ2n) is 10.6. The third-order valence-electron chi connectivity index (χ3n) is 8.18. The minimum Gasteiger partial charge on any atom is -0.347 e. The van der Waals surface area contributed by atoms with Crippen molar-refractivity contribution >= 4 is 51.7 Å². The molecule has 1 saturated carbocycles. The molecule has 0 bridgehead atoms. The highest BCUT2D eigenvalue weighted by Gasteiger charge is 2.38. The van der Waals surface area contributed by atoms with E-state index in [-0.39, 0.29) is 35.6 Å². The Morgan fingerprint density at radius 1 is 1.05 bits per heavy atom. The average Bonchev–Trinajstić information content (AvgIpc) is 3.50. The van der Waals surface area contributed by atoms with Crippen molar-refractivity contribution in [3.8, 4) is 0 Å². The molecule has 2 heterocycles. The summed E-state index contributed by atoms with van der Waals surface area (Å²) in [6, 6.07) is 2.80. The topological polar surface area (TPSA) is 83.4 Å². The van der Waals surface area contributed by atoms with E-state index in [9.17, 15) is 14.4 Å². The number of hydrogen-bond acceptors (Lipinski definition) is 4. The van der Waals surface area contributed by atoms with Gasteiger partial charge in [0.15, 0.2) is 5.78 Å². The number of aromatic nitrogens is 1. The highest BCUT2D eigenvalue weighted by molar-refractivity contribution is 6.43. The number of nitrogens with zero attached hydrogens (tertiary/aromatic N) is 2. The van der Waals surface area contributed by atoms with Gasteiger partial charge in [0.2, 0.25) is 11.8 Å². The molecule has 3 atom stereocenters. The van der Waals surface area contributed by atoms with Crippen molar-refractivity contribution in [2.45, 2.75) is 89.9 Å². The SMILES string of the molecule is CN[C@@H](C)C(=O)N[C@H](C(=O)N1CCC[C@H]1CCn1cc(C(C)=O)c2cc(Cl)c(Cl)cc21)C1CCCCC1. The predicted molar refractivity (Wildman–Crippen MR) is 148 cm³/mol. The second kappa shape index (κ2) is 12.2. The molecule has 1 saturated heterocycles. The fourth-order valence-electron chi connectivity index (χ4n) is 5.90. The van der Waals surface area contributed by atoms with Crippen molar-refractivity contribution in [1.82, 2.24) is 20.1 Å². The number of hydrogen-bond donors (Lipinski definition) is 2. The van der Waals surface area contributed by atoms with Crippen molar-refractivity contribution in [1.29, 1.82) is 0 Å². The van der Waals surface area contributed by atoms with Crippen LogP contribution in [0.25, 0.3) is 10.9 Å². The number of nitrogens with one attached hydrogen (secondary N) is 2. The first-order chi connectivity index (χ1) is 17.7. The van der Waals surface area contributed by atoms with E-state index in [0.717, 1.165) is 55.8 Å². The highest BCUT2D eigenvalue weighted by atomic mass is 35.5. The smallest absolute Gasteiger partial charge is 0.245 e. The normalized spacial score (nSPS) is 20.2. The van der Waals surface area contributed by atoms with Crippen molar-refractivity contribution in [2.24, 2.45) is 5.92 Å². The summed E-state index contributed by atoms with van der Waals surface area (Å²) in [5.41, 5.74) is 1.48. The van der Waals surface area contributed by atoms with E-state index in [0.29, 0.717) is 28.7 Å². The number of benzene rings is 1. The number of rotatable bonds is 9. The first-order valence-corrected chi connectivity index (χ1v) is 14.2. The van der Waals surface area contributed by atoms with Gasteiger partial charge in [-0.15, -0.1) is 0 Å². The molecule has 2 aromatic rings. The Balaban J connectivity index is 1.52. The zero-order chi connectivity index (χ0) is 26.7. The molecule has 37 heavy (non-hydrogen) atoms. The highest BCUT2D eigenvalue weighted by Crippen LogP contribution is 2.33. The molecule has 2 N–H and O–H groups in total. The predicted octanol–water partition coefficient (Wildman–Crippen LogP) is 5.20. The number of carbonyl (C=O) groups excluding carboxylic acids is 3. The molecule has 1 aromatic carbocycles. The molecule has 0 spiro atoms. The monoisotopic (exact) mass is 548 g/mol. The van der Waals surface area contributed by atoms with E-state index in [1.165, 1.54) is 6.42 Å². The minimum absolute atomic E-state index is 0.0262. The van der Waals surface area contributed by atoms with Gasteiger partial charge in [-0.3, -0.25) is 14.4 Å².